The fourth-order valence-corrected chi connectivity index (χ4v) is 18.2. The first-order chi connectivity index (χ1) is 50.1. The fourth-order valence-electron chi connectivity index (χ4n) is 15.8. The van der Waals surface area contributed by atoms with Crippen LogP contribution in [0.4, 0.5) is 0 Å². The Morgan fingerprint density at radius 1 is 0.443 bits per heavy atom. The molecule has 2 heterocycles. The minimum Gasteiger partial charge on any atom is -0.716 e. The molecule has 3 saturated carbocycles. The molecule has 6 aromatic rings. The largest absolute Gasteiger partial charge is 1.00 e. The van der Waals surface area contributed by atoms with E-state index in [4.69, 9.17) is 27.8 Å². The molecular formula is C65H71Na7O36S7. The smallest absolute Gasteiger partial charge is 0.716 e. The van der Waals surface area contributed by atoms with E-state index in [9.17, 15) is 100 Å². The molecule has 0 bridgehead atoms. The van der Waals surface area contributed by atoms with E-state index in [1.807, 2.05) is 0 Å². The maximum absolute atomic E-state index is 14.5. The van der Waals surface area contributed by atoms with Crippen molar-refractivity contribution in [1.29, 1.82) is 0 Å². The van der Waals surface area contributed by atoms with Crippen LogP contribution in [0.25, 0.3) is 44.6 Å². The molecule has 4 aliphatic rings. The molecule has 2 aromatic heterocycles. The molecule has 10 rings (SSSR count). The molecule has 596 valence electrons. The molecule has 36 nitrogen and oxygen atoms in total. The summed E-state index contributed by atoms with van der Waals surface area (Å²) >= 11 is 0. The van der Waals surface area contributed by atoms with E-state index in [-0.39, 0.29) is 231 Å². The Hall–Kier alpha value is -0.630. The van der Waals surface area contributed by atoms with Crippen LogP contribution in [0, 0.1) is 46.3 Å². The summed E-state index contributed by atoms with van der Waals surface area (Å²) in [5.41, 5.74) is -4.53. The number of ether oxygens (including phenoxy) is 4. The minimum absolute atomic E-state index is 0. The van der Waals surface area contributed by atoms with Crippen LogP contribution < -0.4 is 261 Å². The van der Waals surface area contributed by atoms with Crippen LogP contribution >= 0.6 is 0 Å². The van der Waals surface area contributed by atoms with Crippen molar-refractivity contribution in [3.05, 3.63) is 92.8 Å². The second-order valence-corrected chi connectivity index (χ2v) is 34.4. The fraction of sp³-hybridized carbons (Fsp3) is 0.508. The van der Waals surface area contributed by atoms with E-state index >= 15 is 0 Å². The third-order valence-electron chi connectivity index (χ3n) is 20.0. The second-order valence-electron chi connectivity index (χ2n) is 27.5. The maximum Gasteiger partial charge on any atom is 1.00 e. The van der Waals surface area contributed by atoms with Crippen molar-refractivity contribution in [2.75, 3.05) is 26.4 Å². The first-order valence-electron chi connectivity index (χ1n) is 33.5. The first-order valence-corrected chi connectivity index (χ1v) is 42.8. The van der Waals surface area contributed by atoms with Gasteiger partial charge in [0.25, 0.3) is 72.8 Å². The molecule has 0 aliphatic heterocycles. The summed E-state index contributed by atoms with van der Waals surface area (Å²) in [5.74, 6) is -8.95. The van der Waals surface area contributed by atoms with Crippen LogP contribution in [0.15, 0.2) is 90.7 Å². The molecular weight excluding hydrogens is 1740 g/mol. The van der Waals surface area contributed by atoms with Gasteiger partial charge in [0.2, 0.25) is 22.4 Å². The predicted molar refractivity (Wildman–Crippen MR) is 366 cm³/mol. The van der Waals surface area contributed by atoms with E-state index in [1.165, 1.54) is 50.5 Å². The van der Waals surface area contributed by atoms with Crippen molar-refractivity contribution in [2.45, 2.75) is 137 Å². The van der Waals surface area contributed by atoms with Gasteiger partial charge in [-0.1, -0.05) is 65.5 Å². The summed E-state index contributed by atoms with van der Waals surface area (Å²) in [7, 11) is -40.7. The third kappa shape index (κ3) is 29.5. The zero-order valence-electron chi connectivity index (χ0n) is 64.9. The van der Waals surface area contributed by atoms with Gasteiger partial charge in [-0.15, -0.1) is 0 Å². The van der Waals surface area contributed by atoms with Crippen molar-refractivity contribution in [1.82, 2.24) is 0 Å². The Bertz CT molecular complexity index is 5460. The number of hydrogen-bond donors (Lipinski definition) is 0. The van der Waals surface area contributed by atoms with Gasteiger partial charge in [0.05, 0.1) is 25.9 Å². The molecule has 4 aromatic carbocycles. The number of fused-ring (bicyclic) bond motifs is 7. The Morgan fingerprint density at radius 3 is 1.35 bits per heavy atom. The van der Waals surface area contributed by atoms with Gasteiger partial charge in [-0.2, -0.15) is 0 Å². The van der Waals surface area contributed by atoms with Crippen molar-refractivity contribution in [3.63, 3.8) is 0 Å². The van der Waals surface area contributed by atoms with E-state index in [0.717, 1.165) is 61.6 Å². The van der Waals surface area contributed by atoms with Gasteiger partial charge >= 0.3 is 207 Å². The van der Waals surface area contributed by atoms with Crippen LogP contribution in [0.2, 0.25) is 0 Å². The monoisotopic (exact) mass is 1810 g/mol. The summed E-state index contributed by atoms with van der Waals surface area (Å²) in [6.45, 7) is 10.7. The third-order valence-corrected chi connectivity index (χ3v) is 22.7. The topological polar surface area (TPSA) is 562 Å². The molecule has 4 aliphatic carbocycles. The summed E-state index contributed by atoms with van der Waals surface area (Å²) in [6, 6.07) is 5.99. The number of rotatable bonds is 35. The van der Waals surface area contributed by atoms with Gasteiger partial charge in [-0.3, -0.25) is 9.59 Å². The van der Waals surface area contributed by atoms with E-state index < -0.39 is 205 Å². The van der Waals surface area contributed by atoms with Gasteiger partial charge in [0.15, 0.2) is 34.5 Å². The number of allylic oxidation sites excluding steroid dienone is 1. The van der Waals surface area contributed by atoms with Crippen LogP contribution in [0.1, 0.15) is 131 Å². The van der Waals surface area contributed by atoms with Crippen molar-refractivity contribution in [3.8, 4) is 80.1 Å². The molecule has 3 fully saturated rings. The molecule has 0 spiro atoms. The summed E-state index contributed by atoms with van der Waals surface area (Å²) in [5, 5.41) is -1.90. The molecule has 0 N–H and O–H groups in total. The number of benzene rings is 4. The van der Waals surface area contributed by atoms with Gasteiger partial charge in [0.1, 0.15) is 44.9 Å². The Balaban J connectivity index is 0.00000489. The van der Waals surface area contributed by atoms with E-state index in [0.29, 0.717) is 85.4 Å². The normalized spacial score (nSPS) is 20.3. The minimum atomic E-state index is -6.07. The summed E-state index contributed by atoms with van der Waals surface area (Å²) in [4.78, 5) is 28.8. The molecule has 50 heteroatoms. The number of hydrogen-bond acceptors (Lipinski definition) is 36. The number of unbranched alkanes of at least 4 members (excludes halogenated alkanes) is 2. The SMILES string of the molecule is CC(C)CCC[C@@H](C)[C@H]1CC[C@H]2[C@@H]3CC=C4C[C@@H](OCCCCCOc5cc(-c6oc7cc(OS(=O)(=O)[O-])cc(OCCCOc8cc(OS(=O)(=O)[O-])cc9oc(-c%10ccc(OS(=O)(=O)[O-])c(OS(=O)(=O)[O-])c%10)c(OS(=O)(=O)[O-])c(=O)c89)c7c(=O)c6OS(=O)(=O)[O-])ccc5OS(=O)(=O)[O-])CC[C@]4(C)[C@H]3CC[C@]12C.[Na+].[Na+].[Na+].[Na+].[Na+].[Na+].[Na+]. The van der Waals surface area contributed by atoms with Gasteiger partial charge in [-0.25, -0.2) is 58.9 Å². The van der Waals surface area contributed by atoms with Crippen molar-refractivity contribution >= 4 is 94.7 Å². The van der Waals surface area contributed by atoms with Crippen LogP contribution in [0.5, 0.6) is 57.5 Å². The quantitative estimate of drug-likeness (QED) is 0.0117. The van der Waals surface area contributed by atoms with Crippen LogP contribution in [0.3, 0.4) is 0 Å². The summed E-state index contributed by atoms with van der Waals surface area (Å²) < 4.78 is 315. The van der Waals surface area contributed by atoms with Crippen LogP contribution in [-0.4, -0.2) is 123 Å². The van der Waals surface area contributed by atoms with Crippen molar-refractivity contribution in [2.24, 2.45) is 46.3 Å². The Morgan fingerprint density at radius 2 is 0.878 bits per heavy atom. The van der Waals surface area contributed by atoms with Crippen molar-refractivity contribution < 1.29 is 355 Å². The molecule has 115 heavy (non-hydrogen) atoms. The molecule has 8 atom stereocenters. The van der Waals surface area contributed by atoms with Crippen LogP contribution in [-0.2, 0) is 77.5 Å². The zero-order valence-corrected chi connectivity index (χ0v) is 84.6. The molecule has 0 saturated heterocycles. The summed E-state index contributed by atoms with van der Waals surface area (Å²) in [6.07, 6.45) is 16.2. The van der Waals surface area contributed by atoms with E-state index in [1.54, 1.807) is 0 Å². The van der Waals surface area contributed by atoms with Gasteiger partial charge in [0, 0.05) is 48.4 Å². The molecule has 0 amide bonds. The predicted octanol–water partition coefficient (Wildman–Crippen LogP) is -13.0. The standard InChI is InChI=1S/C65H78O36S7.7Na/c1-36(2)11-9-12-37(3)45-17-18-46-44-16-15-40-31-41(21-23-64(40,4)47(44)22-24-65(45,46)5)89-25-7-6-8-26-90-50-29-38(13-19-48(50)97-104(74,75)76)60-62(100-107(83,84)85)58(66)56-52(32-42(34-54(56)93-60)95-102(68,69)70)91-27-10-28-92-53-33-43(96-103(71,72)73)35-55-57(53)59(67)63(101-108(86,87)88)61(94-55)39-14-20-49(98-105(77,78)79)51(30-39)99-106(80,81)82;;;;;;;/h13-15,19-20,29-30,32-37,41,44-47H,6-12,16-18,21-28,31H2,1-5H3,(H,68,69,70)(H,71,72,73)(H,74,75,76)(H,77,78,79)(H,80,81,82)(H,83,84,85)(H,86,87,88);;;;;;;/q;7*+1/p-7/t37-,41+,44+,45-,46+,47+,64+,65-;;;;;;;/m1......./s1. The Kier molecular flexibility index (Phi) is 41.5. The van der Waals surface area contributed by atoms with Gasteiger partial charge < -0.3 is 88.9 Å². The second kappa shape index (κ2) is 44.0. The Labute approximate surface area is 820 Å². The zero-order chi connectivity index (χ0) is 79.1. The molecule has 0 radical (unpaired) electrons. The molecule has 0 unspecified atom stereocenters. The average molecular weight is 1810 g/mol. The van der Waals surface area contributed by atoms with Gasteiger partial charge in [-0.05, 0) is 153 Å². The average Bonchev–Trinajstić information content (AvgIpc) is 1.67. The maximum atomic E-state index is 14.5. The first kappa shape index (κ1) is 109. The van der Waals surface area contributed by atoms with E-state index in [2.05, 4.69) is 70.0 Å².